The van der Waals surface area contributed by atoms with Crippen LogP contribution < -0.4 is 0 Å². The molecule has 0 saturated carbocycles. The molecule has 5 heteroatoms. The standard InChI is InChI=1S/C9H6N4S/c1-6-4-7(5-10)13-8(12-6)9-11-2-3-14-9/h2-4H,1H3. The molecule has 0 aromatic carbocycles. The fourth-order valence-electron chi connectivity index (χ4n) is 1.06. The van der Waals surface area contributed by atoms with E-state index in [0.29, 0.717) is 11.5 Å². The molecule has 0 atom stereocenters. The van der Waals surface area contributed by atoms with Crippen LogP contribution in [0.3, 0.4) is 0 Å². The summed E-state index contributed by atoms with van der Waals surface area (Å²) < 4.78 is 0. The molecule has 0 fully saturated rings. The smallest absolute Gasteiger partial charge is 0.190 e. The topological polar surface area (TPSA) is 62.5 Å². The molecule has 0 N–H and O–H groups in total. The van der Waals surface area contributed by atoms with Gasteiger partial charge in [-0.3, -0.25) is 0 Å². The summed E-state index contributed by atoms with van der Waals surface area (Å²) in [5.41, 5.74) is 1.16. The van der Waals surface area contributed by atoms with Crippen LogP contribution in [0.2, 0.25) is 0 Å². The van der Waals surface area contributed by atoms with Crippen LogP contribution in [0.25, 0.3) is 10.8 Å². The van der Waals surface area contributed by atoms with E-state index >= 15 is 0 Å². The Morgan fingerprint density at radius 1 is 1.43 bits per heavy atom. The van der Waals surface area contributed by atoms with Gasteiger partial charge in [0.05, 0.1) is 0 Å². The second-order valence-electron chi connectivity index (χ2n) is 2.67. The summed E-state index contributed by atoms with van der Waals surface area (Å²) in [6.07, 6.45) is 1.69. The van der Waals surface area contributed by atoms with E-state index < -0.39 is 0 Å². The van der Waals surface area contributed by atoms with Crippen LogP contribution in [-0.4, -0.2) is 15.0 Å². The molecule has 0 aliphatic carbocycles. The molecular formula is C9H6N4S. The highest BCUT2D eigenvalue weighted by atomic mass is 32.1. The predicted molar refractivity (Wildman–Crippen MR) is 52.6 cm³/mol. The lowest BCUT2D eigenvalue weighted by molar-refractivity contribution is 1.08. The summed E-state index contributed by atoms with van der Waals surface area (Å²) >= 11 is 1.46. The fourth-order valence-corrected chi connectivity index (χ4v) is 1.62. The molecule has 0 aliphatic rings. The third-order valence-electron chi connectivity index (χ3n) is 1.59. The van der Waals surface area contributed by atoms with Crippen LogP contribution in [0.15, 0.2) is 17.6 Å². The number of thiazole rings is 1. The van der Waals surface area contributed by atoms with Crippen LogP contribution in [-0.2, 0) is 0 Å². The minimum atomic E-state index is 0.378. The Kier molecular flexibility index (Phi) is 2.21. The predicted octanol–water partition coefficient (Wildman–Crippen LogP) is 1.78. The lowest BCUT2D eigenvalue weighted by atomic mass is 10.3. The van der Waals surface area contributed by atoms with Gasteiger partial charge in [-0.2, -0.15) is 5.26 Å². The van der Waals surface area contributed by atoms with E-state index in [1.54, 1.807) is 12.3 Å². The maximum atomic E-state index is 8.73. The molecule has 0 amide bonds. The van der Waals surface area contributed by atoms with Crippen molar-refractivity contribution in [1.29, 1.82) is 5.26 Å². The molecule has 0 aliphatic heterocycles. The van der Waals surface area contributed by atoms with Gasteiger partial charge in [0.15, 0.2) is 10.8 Å². The van der Waals surface area contributed by atoms with Crippen molar-refractivity contribution >= 4 is 11.3 Å². The van der Waals surface area contributed by atoms with Gasteiger partial charge >= 0.3 is 0 Å². The van der Waals surface area contributed by atoms with Gasteiger partial charge < -0.3 is 0 Å². The van der Waals surface area contributed by atoms with Crippen LogP contribution in [0.1, 0.15) is 11.4 Å². The highest BCUT2D eigenvalue weighted by Gasteiger charge is 2.06. The number of rotatable bonds is 1. The lowest BCUT2D eigenvalue weighted by Crippen LogP contribution is -1.94. The van der Waals surface area contributed by atoms with Crippen LogP contribution in [0.4, 0.5) is 0 Å². The van der Waals surface area contributed by atoms with Gasteiger partial charge in [-0.15, -0.1) is 11.3 Å². The molecule has 2 rings (SSSR count). The fraction of sp³-hybridized carbons (Fsp3) is 0.111. The zero-order chi connectivity index (χ0) is 9.97. The number of nitrogens with zero attached hydrogens (tertiary/aromatic N) is 4. The molecule has 2 heterocycles. The maximum Gasteiger partial charge on any atom is 0.190 e. The quantitative estimate of drug-likeness (QED) is 0.707. The molecule has 0 spiro atoms. The number of nitriles is 1. The van der Waals surface area contributed by atoms with Gasteiger partial charge in [-0.25, -0.2) is 15.0 Å². The van der Waals surface area contributed by atoms with Crippen molar-refractivity contribution in [2.75, 3.05) is 0 Å². The van der Waals surface area contributed by atoms with Crippen molar-refractivity contribution < 1.29 is 0 Å². The van der Waals surface area contributed by atoms with Gasteiger partial charge in [0.1, 0.15) is 11.8 Å². The number of hydrogen-bond donors (Lipinski definition) is 0. The zero-order valence-corrected chi connectivity index (χ0v) is 8.25. The molecule has 2 aromatic heterocycles. The minimum Gasteiger partial charge on any atom is -0.241 e. The van der Waals surface area contributed by atoms with Crippen molar-refractivity contribution in [2.45, 2.75) is 6.92 Å². The number of aromatic nitrogens is 3. The Morgan fingerprint density at radius 2 is 2.29 bits per heavy atom. The summed E-state index contributed by atoms with van der Waals surface area (Å²) in [4.78, 5) is 12.4. The van der Waals surface area contributed by atoms with E-state index in [0.717, 1.165) is 10.7 Å². The zero-order valence-electron chi connectivity index (χ0n) is 7.43. The van der Waals surface area contributed by atoms with E-state index in [9.17, 15) is 0 Å². The number of aryl methyl sites for hydroxylation is 1. The van der Waals surface area contributed by atoms with Crippen molar-refractivity contribution in [3.8, 4) is 16.9 Å². The monoisotopic (exact) mass is 202 g/mol. The second kappa shape index (κ2) is 3.52. The highest BCUT2D eigenvalue weighted by molar-refractivity contribution is 7.12. The SMILES string of the molecule is Cc1cc(C#N)nc(-c2nccs2)n1. The number of hydrogen-bond acceptors (Lipinski definition) is 5. The normalized spacial score (nSPS) is 9.71. The lowest BCUT2D eigenvalue weighted by Gasteiger charge is -1.97. The largest absolute Gasteiger partial charge is 0.241 e. The van der Waals surface area contributed by atoms with Crippen molar-refractivity contribution in [1.82, 2.24) is 15.0 Å². The molecule has 0 saturated heterocycles. The average Bonchev–Trinajstić information content (AvgIpc) is 2.69. The summed E-state index contributed by atoms with van der Waals surface area (Å²) in [6.45, 7) is 1.83. The molecule has 2 aromatic rings. The molecular weight excluding hydrogens is 196 g/mol. The van der Waals surface area contributed by atoms with E-state index in [-0.39, 0.29) is 0 Å². The Bertz CT molecular complexity index is 484. The first-order chi connectivity index (χ1) is 6.79. The van der Waals surface area contributed by atoms with Crippen LogP contribution >= 0.6 is 11.3 Å². The van der Waals surface area contributed by atoms with Crippen molar-refractivity contribution in [2.24, 2.45) is 0 Å². The van der Waals surface area contributed by atoms with E-state index in [1.165, 1.54) is 11.3 Å². The van der Waals surface area contributed by atoms with E-state index in [4.69, 9.17) is 5.26 Å². The summed E-state index contributed by atoms with van der Waals surface area (Å²) in [5.74, 6) is 0.525. The molecule has 68 valence electrons. The van der Waals surface area contributed by atoms with Crippen molar-refractivity contribution in [3.63, 3.8) is 0 Å². The van der Waals surface area contributed by atoms with Crippen LogP contribution in [0, 0.1) is 18.3 Å². The Morgan fingerprint density at radius 3 is 2.93 bits per heavy atom. The highest BCUT2D eigenvalue weighted by Crippen LogP contribution is 2.17. The van der Waals surface area contributed by atoms with Gasteiger partial charge in [-0.05, 0) is 13.0 Å². The molecule has 0 unspecified atom stereocenters. The van der Waals surface area contributed by atoms with E-state index in [1.807, 2.05) is 18.4 Å². The van der Waals surface area contributed by atoms with E-state index in [2.05, 4.69) is 15.0 Å². The molecule has 0 radical (unpaired) electrons. The molecule has 14 heavy (non-hydrogen) atoms. The van der Waals surface area contributed by atoms with Gasteiger partial charge in [0.2, 0.25) is 0 Å². The van der Waals surface area contributed by atoms with Gasteiger partial charge in [0.25, 0.3) is 0 Å². The first-order valence-corrected chi connectivity index (χ1v) is 4.83. The van der Waals surface area contributed by atoms with Gasteiger partial charge in [-0.1, -0.05) is 0 Å². The summed E-state index contributed by atoms with van der Waals surface area (Å²) in [5, 5.41) is 11.3. The minimum absolute atomic E-state index is 0.378. The average molecular weight is 202 g/mol. The van der Waals surface area contributed by atoms with Crippen LogP contribution in [0.5, 0.6) is 0 Å². The van der Waals surface area contributed by atoms with Crippen molar-refractivity contribution in [3.05, 3.63) is 29.0 Å². The first kappa shape index (κ1) is 8.78. The summed E-state index contributed by atoms with van der Waals surface area (Å²) in [7, 11) is 0. The third-order valence-corrected chi connectivity index (χ3v) is 2.36. The molecule has 0 bridgehead atoms. The first-order valence-electron chi connectivity index (χ1n) is 3.95. The Balaban J connectivity index is 2.55. The second-order valence-corrected chi connectivity index (χ2v) is 3.56. The Labute approximate surface area is 84.9 Å². The maximum absolute atomic E-state index is 8.73. The Hall–Kier alpha value is -1.80. The third kappa shape index (κ3) is 1.60. The summed E-state index contributed by atoms with van der Waals surface area (Å²) in [6, 6.07) is 3.65. The molecule has 4 nitrogen and oxygen atoms in total. The van der Waals surface area contributed by atoms with Gasteiger partial charge in [0, 0.05) is 17.3 Å².